The summed E-state index contributed by atoms with van der Waals surface area (Å²) in [5, 5.41) is 1.03. The van der Waals surface area contributed by atoms with Crippen LogP contribution in [0.2, 0.25) is 6.04 Å². The molecule has 0 heterocycles. The Hall–Kier alpha value is -0.846. The first-order valence-corrected chi connectivity index (χ1v) is 18.1. The van der Waals surface area contributed by atoms with Crippen LogP contribution >= 0.6 is 0 Å². The summed E-state index contributed by atoms with van der Waals surface area (Å²) < 4.78 is 35.5. The molecule has 1 unspecified atom stereocenters. The van der Waals surface area contributed by atoms with Gasteiger partial charge in [0.05, 0.1) is 6.10 Å². The largest absolute Gasteiger partial charge is 0.537 e. The van der Waals surface area contributed by atoms with Gasteiger partial charge in [0, 0.05) is 44.3 Å². The highest BCUT2D eigenvalue weighted by Gasteiger charge is 2.43. The smallest absolute Gasteiger partial charge is 0.374 e. The minimum atomic E-state index is -2.67. The molecule has 1 atom stereocenters. The summed E-state index contributed by atoms with van der Waals surface area (Å²) in [7, 11) is -5.18. The first-order chi connectivity index (χ1) is 17.9. The highest BCUT2D eigenvalue weighted by atomic mass is 28.4. The number of hydrogen-bond acceptors (Lipinski definition) is 6. The Labute approximate surface area is 230 Å². The van der Waals surface area contributed by atoms with Gasteiger partial charge in [-0.2, -0.15) is 0 Å². The summed E-state index contributed by atoms with van der Waals surface area (Å²) in [5.41, 5.74) is 0. The van der Waals surface area contributed by atoms with Gasteiger partial charge in [-0.3, -0.25) is 0 Å². The third-order valence-corrected chi connectivity index (χ3v) is 11.8. The fraction of sp³-hybridized carbons (Fsp3) is 0.724. The van der Waals surface area contributed by atoms with E-state index in [-0.39, 0.29) is 6.10 Å². The molecule has 0 spiro atoms. The molecule has 0 aliphatic rings. The Morgan fingerprint density at radius 1 is 0.703 bits per heavy atom. The standard InChI is InChI=1S/C17H36O3Si.C12H20O3Si/c1-6-10-11-12-13-14-16-21(18-8-3,19-9-4)20-17(5)15-7-2;1-4-13-16(14-5-2,15-6-3)12-10-8-7-9-11-12/h7,17H,2,6,8-16H2,1,3-5H3;7-11H,4-6H2,1-3H3. The summed E-state index contributed by atoms with van der Waals surface area (Å²) in [6, 6.07) is 10.9. The van der Waals surface area contributed by atoms with Gasteiger partial charge in [0.1, 0.15) is 0 Å². The molecule has 0 aliphatic heterocycles. The van der Waals surface area contributed by atoms with Crippen LogP contribution in [0.5, 0.6) is 0 Å². The third-order valence-electron chi connectivity index (χ3n) is 5.57. The van der Waals surface area contributed by atoms with E-state index in [1.165, 1.54) is 32.1 Å². The molecule has 0 saturated heterocycles. The van der Waals surface area contributed by atoms with E-state index in [2.05, 4.69) is 20.4 Å². The highest BCUT2D eigenvalue weighted by molar-refractivity contribution is 6.75. The molecule has 1 aromatic rings. The van der Waals surface area contributed by atoms with E-state index in [9.17, 15) is 0 Å². The molecule has 0 radical (unpaired) electrons. The summed E-state index contributed by atoms with van der Waals surface area (Å²) in [4.78, 5) is 0. The van der Waals surface area contributed by atoms with Crippen LogP contribution in [0.25, 0.3) is 0 Å². The Bertz CT molecular complexity index is 624. The van der Waals surface area contributed by atoms with Crippen LogP contribution < -0.4 is 5.19 Å². The zero-order valence-electron chi connectivity index (χ0n) is 24.9. The lowest BCUT2D eigenvalue weighted by molar-refractivity contribution is 0.0388. The van der Waals surface area contributed by atoms with Crippen LogP contribution in [0, 0.1) is 0 Å². The van der Waals surface area contributed by atoms with Gasteiger partial charge in [-0.25, -0.2) is 0 Å². The second-order valence-electron chi connectivity index (χ2n) is 8.74. The van der Waals surface area contributed by atoms with Crippen LogP contribution in [0.15, 0.2) is 43.0 Å². The van der Waals surface area contributed by atoms with Crippen molar-refractivity contribution >= 4 is 22.8 Å². The van der Waals surface area contributed by atoms with Crippen molar-refractivity contribution in [2.24, 2.45) is 0 Å². The van der Waals surface area contributed by atoms with E-state index in [0.29, 0.717) is 33.0 Å². The zero-order valence-corrected chi connectivity index (χ0v) is 26.9. The summed E-state index contributed by atoms with van der Waals surface area (Å²) in [6.07, 6.45) is 10.5. The molecule has 8 heteroatoms. The average Bonchev–Trinajstić information content (AvgIpc) is 2.88. The van der Waals surface area contributed by atoms with Gasteiger partial charge in [-0.05, 0) is 54.4 Å². The van der Waals surface area contributed by atoms with E-state index >= 15 is 0 Å². The molecule has 0 bridgehead atoms. The summed E-state index contributed by atoms with van der Waals surface area (Å²) in [6.45, 7) is 21.1. The predicted molar refractivity (Wildman–Crippen MR) is 159 cm³/mol. The van der Waals surface area contributed by atoms with E-state index in [1.54, 1.807) is 0 Å². The van der Waals surface area contributed by atoms with Crippen molar-refractivity contribution in [2.75, 3.05) is 33.0 Å². The predicted octanol–water partition coefficient (Wildman–Crippen LogP) is 7.28. The maximum absolute atomic E-state index is 6.21. The fourth-order valence-corrected chi connectivity index (χ4v) is 9.44. The lowest BCUT2D eigenvalue weighted by Gasteiger charge is -2.31. The number of benzene rings is 1. The molecule has 1 aromatic carbocycles. The molecule has 0 amide bonds. The van der Waals surface area contributed by atoms with Crippen LogP contribution in [0.4, 0.5) is 0 Å². The van der Waals surface area contributed by atoms with Crippen molar-refractivity contribution in [2.45, 2.75) is 106 Å². The van der Waals surface area contributed by atoms with Crippen molar-refractivity contribution in [3.63, 3.8) is 0 Å². The summed E-state index contributed by atoms with van der Waals surface area (Å²) in [5.74, 6) is 0. The van der Waals surface area contributed by atoms with E-state index in [1.807, 2.05) is 71.0 Å². The molecule has 0 aliphatic carbocycles. The van der Waals surface area contributed by atoms with Gasteiger partial charge in [0.2, 0.25) is 0 Å². The molecule has 0 N–H and O–H groups in total. The first kappa shape index (κ1) is 36.2. The Balaban J connectivity index is 0.000000724. The minimum Gasteiger partial charge on any atom is -0.374 e. The lowest BCUT2D eigenvalue weighted by atomic mass is 10.1. The SMILES string of the molecule is C=CCC(C)O[Si](CCCCCCCC)(OCC)OCC.CCO[Si](OCC)(OCC)c1ccccc1. The van der Waals surface area contributed by atoms with Crippen LogP contribution in [-0.4, -0.2) is 56.7 Å². The maximum Gasteiger partial charge on any atom is 0.537 e. The fourth-order valence-electron chi connectivity index (χ4n) is 4.05. The Morgan fingerprint density at radius 2 is 1.19 bits per heavy atom. The van der Waals surface area contributed by atoms with Crippen LogP contribution in [0.3, 0.4) is 0 Å². The maximum atomic E-state index is 6.21. The second kappa shape index (κ2) is 23.1. The first-order valence-electron chi connectivity index (χ1n) is 14.5. The zero-order chi connectivity index (χ0) is 27.8. The van der Waals surface area contributed by atoms with Gasteiger partial charge >= 0.3 is 17.6 Å². The minimum absolute atomic E-state index is 0.118. The summed E-state index contributed by atoms with van der Waals surface area (Å²) >= 11 is 0. The van der Waals surface area contributed by atoms with Gasteiger partial charge in [-0.15, -0.1) is 6.58 Å². The van der Waals surface area contributed by atoms with Gasteiger partial charge in [0.25, 0.3) is 0 Å². The lowest BCUT2D eigenvalue weighted by Crippen LogP contribution is -2.56. The molecule has 37 heavy (non-hydrogen) atoms. The van der Waals surface area contributed by atoms with Crippen LogP contribution in [0.1, 0.15) is 93.4 Å². The molecule has 0 aromatic heterocycles. The van der Waals surface area contributed by atoms with E-state index in [0.717, 1.165) is 24.1 Å². The van der Waals surface area contributed by atoms with Crippen LogP contribution in [-0.2, 0) is 26.6 Å². The van der Waals surface area contributed by atoms with Gasteiger partial charge in [0.15, 0.2) is 0 Å². The molecule has 6 nitrogen and oxygen atoms in total. The van der Waals surface area contributed by atoms with Gasteiger partial charge in [-0.1, -0.05) is 75.4 Å². The molecular formula is C29H56O6Si2. The van der Waals surface area contributed by atoms with E-state index in [4.69, 9.17) is 26.6 Å². The van der Waals surface area contributed by atoms with Crippen molar-refractivity contribution in [3.8, 4) is 0 Å². The van der Waals surface area contributed by atoms with Crippen molar-refractivity contribution in [1.29, 1.82) is 0 Å². The highest BCUT2D eigenvalue weighted by Crippen LogP contribution is 2.23. The quantitative estimate of drug-likeness (QED) is 0.0850. The molecule has 216 valence electrons. The molecule has 1 rings (SSSR count). The number of unbranched alkanes of at least 4 members (excludes halogenated alkanes) is 5. The Morgan fingerprint density at radius 3 is 1.65 bits per heavy atom. The third kappa shape index (κ3) is 15.4. The topological polar surface area (TPSA) is 55.4 Å². The van der Waals surface area contributed by atoms with Crippen molar-refractivity contribution < 1.29 is 26.6 Å². The monoisotopic (exact) mass is 556 g/mol. The van der Waals surface area contributed by atoms with Crippen molar-refractivity contribution in [3.05, 3.63) is 43.0 Å². The van der Waals surface area contributed by atoms with Crippen molar-refractivity contribution in [1.82, 2.24) is 0 Å². The number of hydrogen-bond donors (Lipinski definition) is 0. The average molecular weight is 557 g/mol. The normalized spacial score (nSPS) is 12.6. The number of rotatable bonds is 22. The second-order valence-corrected chi connectivity index (χ2v) is 14.0. The van der Waals surface area contributed by atoms with E-state index < -0.39 is 17.6 Å². The molecule has 0 saturated carbocycles. The van der Waals surface area contributed by atoms with Gasteiger partial charge < -0.3 is 26.6 Å². The molecule has 0 fully saturated rings. The molecular weight excluding hydrogens is 500 g/mol. The Kier molecular flexibility index (Phi) is 22.5.